The molecule has 20 heavy (non-hydrogen) atoms. The average molecular weight is 350 g/mol. The van der Waals surface area contributed by atoms with Crippen LogP contribution in [0.15, 0.2) is 36.4 Å². The van der Waals surface area contributed by atoms with Gasteiger partial charge in [0.2, 0.25) is 0 Å². The summed E-state index contributed by atoms with van der Waals surface area (Å²) in [7, 11) is 0. The number of halogens is 4. The normalized spacial score (nSPS) is 12.4. The highest BCUT2D eigenvalue weighted by Gasteiger charge is 2.17. The van der Waals surface area contributed by atoms with Crippen molar-refractivity contribution in [2.75, 3.05) is 0 Å². The van der Waals surface area contributed by atoms with E-state index in [-0.39, 0.29) is 6.04 Å². The molecule has 1 atom stereocenters. The predicted octanol–water partition coefficient (Wildman–Crippen LogP) is 5.05. The summed E-state index contributed by atoms with van der Waals surface area (Å²) in [6.45, 7) is 0. The van der Waals surface area contributed by atoms with E-state index in [1.54, 1.807) is 30.3 Å². The second-order valence-corrected chi connectivity index (χ2v) is 5.94. The van der Waals surface area contributed by atoms with Gasteiger partial charge in [-0.15, -0.1) is 0 Å². The van der Waals surface area contributed by atoms with Crippen LogP contribution in [0.4, 0.5) is 0 Å². The van der Waals surface area contributed by atoms with Crippen LogP contribution in [0, 0.1) is 0 Å². The summed E-state index contributed by atoms with van der Waals surface area (Å²) in [6.07, 6.45) is 0.594. The van der Waals surface area contributed by atoms with Gasteiger partial charge in [0, 0.05) is 15.6 Å². The summed E-state index contributed by atoms with van der Waals surface area (Å²) in [4.78, 5) is 0. The Labute approximate surface area is 137 Å². The van der Waals surface area contributed by atoms with Crippen LogP contribution in [0.3, 0.4) is 0 Å². The van der Waals surface area contributed by atoms with E-state index in [4.69, 9.17) is 52.2 Å². The van der Waals surface area contributed by atoms with E-state index < -0.39 is 0 Å². The Morgan fingerprint density at radius 3 is 2.10 bits per heavy atom. The third-order valence-electron chi connectivity index (χ3n) is 2.97. The molecule has 0 heterocycles. The monoisotopic (exact) mass is 348 g/mol. The summed E-state index contributed by atoms with van der Waals surface area (Å²) < 4.78 is 0. The maximum Gasteiger partial charge on any atom is 0.0595 e. The van der Waals surface area contributed by atoms with Gasteiger partial charge in [0.25, 0.3) is 0 Å². The van der Waals surface area contributed by atoms with Crippen LogP contribution in [0.25, 0.3) is 0 Å². The van der Waals surface area contributed by atoms with Gasteiger partial charge >= 0.3 is 0 Å². The Balaban J connectivity index is 2.31. The van der Waals surface area contributed by atoms with E-state index in [2.05, 4.69) is 5.43 Å². The van der Waals surface area contributed by atoms with Gasteiger partial charge in [-0.05, 0) is 36.2 Å². The van der Waals surface area contributed by atoms with Crippen LogP contribution in [-0.4, -0.2) is 0 Å². The summed E-state index contributed by atoms with van der Waals surface area (Å²) >= 11 is 24.3. The quantitative estimate of drug-likeness (QED) is 0.598. The minimum Gasteiger partial charge on any atom is -0.271 e. The third kappa shape index (κ3) is 3.59. The van der Waals surface area contributed by atoms with Crippen molar-refractivity contribution in [3.8, 4) is 0 Å². The molecule has 0 amide bonds. The molecule has 2 aromatic rings. The minimum atomic E-state index is -0.214. The second kappa shape index (κ2) is 6.99. The molecule has 0 aromatic heterocycles. The lowest BCUT2D eigenvalue weighted by molar-refractivity contribution is 0.552. The van der Waals surface area contributed by atoms with Gasteiger partial charge in [0.05, 0.1) is 16.1 Å². The molecule has 2 aromatic carbocycles. The first-order valence-electron chi connectivity index (χ1n) is 5.87. The van der Waals surface area contributed by atoms with Crippen LogP contribution < -0.4 is 11.3 Å². The van der Waals surface area contributed by atoms with Crippen LogP contribution in [0.1, 0.15) is 17.2 Å². The number of nitrogens with one attached hydrogen (secondary N) is 1. The van der Waals surface area contributed by atoms with E-state index in [0.717, 1.165) is 11.1 Å². The molecule has 106 valence electrons. The number of hydrazine groups is 1. The average Bonchev–Trinajstić information content (AvgIpc) is 2.41. The van der Waals surface area contributed by atoms with Crippen LogP contribution >= 0.6 is 46.4 Å². The van der Waals surface area contributed by atoms with Crippen molar-refractivity contribution in [2.24, 2.45) is 5.84 Å². The standard InChI is InChI=1S/C14H12Cl4N2/c15-9-5-4-8(6-12(9)18)7-13(20-19)14-10(16)2-1-3-11(14)17/h1-6,13,20H,7,19H2. The van der Waals surface area contributed by atoms with Gasteiger partial charge in [0.1, 0.15) is 0 Å². The molecule has 2 rings (SSSR count). The molecule has 6 heteroatoms. The first-order chi connectivity index (χ1) is 9.52. The van der Waals surface area contributed by atoms with Gasteiger partial charge in [-0.3, -0.25) is 11.3 Å². The molecule has 0 bridgehead atoms. The Morgan fingerprint density at radius 2 is 1.55 bits per heavy atom. The molecule has 0 aliphatic carbocycles. The molecule has 0 fully saturated rings. The topological polar surface area (TPSA) is 38.0 Å². The zero-order valence-electron chi connectivity index (χ0n) is 10.3. The maximum absolute atomic E-state index is 6.20. The summed E-state index contributed by atoms with van der Waals surface area (Å²) in [6, 6.07) is 10.6. The van der Waals surface area contributed by atoms with Gasteiger partial charge in [-0.2, -0.15) is 0 Å². The Hall–Kier alpha value is -0.480. The third-order valence-corrected chi connectivity index (χ3v) is 4.37. The van der Waals surface area contributed by atoms with Gasteiger partial charge < -0.3 is 0 Å². The van der Waals surface area contributed by atoms with E-state index in [0.29, 0.717) is 26.5 Å². The highest BCUT2D eigenvalue weighted by molar-refractivity contribution is 6.42. The molecule has 0 saturated heterocycles. The molecule has 0 aliphatic heterocycles. The number of nitrogens with two attached hydrogens (primary N) is 1. The Kier molecular flexibility index (Phi) is 5.56. The zero-order chi connectivity index (χ0) is 14.7. The minimum absolute atomic E-state index is 0.214. The lowest BCUT2D eigenvalue weighted by atomic mass is 9.99. The molecule has 0 aliphatic rings. The fourth-order valence-electron chi connectivity index (χ4n) is 1.99. The lowest BCUT2D eigenvalue weighted by Gasteiger charge is -2.19. The summed E-state index contributed by atoms with van der Waals surface area (Å²) in [5.41, 5.74) is 4.49. The van der Waals surface area contributed by atoms with E-state index >= 15 is 0 Å². The van der Waals surface area contributed by atoms with Crippen LogP contribution in [0.5, 0.6) is 0 Å². The Bertz CT molecular complexity index is 596. The molecular weight excluding hydrogens is 338 g/mol. The molecular formula is C14H12Cl4N2. The highest BCUT2D eigenvalue weighted by Crippen LogP contribution is 2.32. The number of rotatable bonds is 4. The molecule has 0 saturated carbocycles. The van der Waals surface area contributed by atoms with Crippen molar-refractivity contribution < 1.29 is 0 Å². The molecule has 2 nitrogen and oxygen atoms in total. The lowest BCUT2D eigenvalue weighted by Crippen LogP contribution is -2.30. The number of hydrogen-bond donors (Lipinski definition) is 2. The van der Waals surface area contributed by atoms with E-state index in [1.807, 2.05) is 6.07 Å². The summed E-state index contributed by atoms with van der Waals surface area (Å²) in [5, 5.41) is 2.16. The zero-order valence-corrected chi connectivity index (χ0v) is 13.4. The molecule has 0 radical (unpaired) electrons. The van der Waals surface area contributed by atoms with Crippen molar-refractivity contribution >= 4 is 46.4 Å². The fourth-order valence-corrected chi connectivity index (χ4v) is 2.97. The van der Waals surface area contributed by atoms with Gasteiger partial charge in [-0.1, -0.05) is 58.5 Å². The largest absolute Gasteiger partial charge is 0.271 e. The smallest absolute Gasteiger partial charge is 0.0595 e. The van der Waals surface area contributed by atoms with E-state index in [9.17, 15) is 0 Å². The molecule has 0 spiro atoms. The van der Waals surface area contributed by atoms with Gasteiger partial charge in [0.15, 0.2) is 0 Å². The predicted molar refractivity (Wildman–Crippen MR) is 86.7 cm³/mol. The molecule has 1 unspecified atom stereocenters. The van der Waals surface area contributed by atoms with Crippen molar-refractivity contribution in [1.82, 2.24) is 5.43 Å². The fraction of sp³-hybridized carbons (Fsp3) is 0.143. The number of benzene rings is 2. The molecule has 3 N–H and O–H groups in total. The van der Waals surface area contributed by atoms with Crippen molar-refractivity contribution in [3.63, 3.8) is 0 Å². The van der Waals surface area contributed by atoms with Gasteiger partial charge in [-0.25, -0.2) is 0 Å². The summed E-state index contributed by atoms with van der Waals surface area (Å²) in [5.74, 6) is 5.63. The second-order valence-electron chi connectivity index (χ2n) is 4.31. The van der Waals surface area contributed by atoms with Crippen molar-refractivity contribution in [3.05, 3.63) is 67.6 Å². The highest BCUT2D eigenvalue weighted by atomic mass is 35.5. The maximum atomic E-state index is 6.20. The number of hydrogen-bond acceptors (Lipinski definition) is 2. The first kappa shape index (κ1) is 15.9. The Morgan fingerprint density at radius 1 is 0.900 bits per heavy atom. The van der Waals surface area contributed by atoms with Crippen LogP contribution in [-0.2, 0) is 6.42 Å². The first-order valence-corrected chi connectivity index (χ1v) is 7.38. The van der Waals surface area contributed by atoms with Crippen LogP contribution in [0.2, 0.25) is 20.1 Å². The van der Waals surface area contributed by atoms with Crippen molar-refractivity contribution in [2.45, 2.75) is 12.5 Å². The SMILES string of the molecule is NNC(Cc1ccc(Cl)c(Cl)c1)c1c(Cl)cccc1Cl. The van der Waals surface area contributed by atoms with Crippen molar-refractivity contribution in [1.29, 1.82) is 0 Å². The van der Waals surface area contributed by atoms with E-state index in [1.165, 1.54) is 0 Å².